The average Bonchev–Trinajstić information content (AvgIpc) is 3.38. The summed E-state index contributed by atoms with van der Waals surface area (Å²) in [5, 5.41) is 11.5. The quantitative estimate of drug-likeness (QED) is 0.481. The number of rotatable bonds is 0. The van der Waals surface area contributed by atoms with Gasteiger partial charge in [-0.2, -0.15) is 0 Å². The largest absolute Gasteiger partial charge is 0.388 e. The van der Waals surface area contributed by atoms with Crippen LogP contribution in [0.4, 0.5) is 0 Å². The molecule has 3 nitrogen and oxygen atoms in total. The summed E-state index contributed by atoms with van der Waals surface area (Å²) in [5.74, 6) is 1.84. The topological polar surface area (TPSA) is 45.3 Å². The van der Waals surface area contributed by atoms with E-state index in [9.17, 15) is 5.11 Å². The van der Waals surface area contributed by atoms with Gasteiger partial charge in [-0.1, -0.05) is 29.8 Å². The van der Waals surface area contributed by atoms with Crippen LogP contribution in [0, 0.1) is 28.6 Å². The first-order chi connectivity index (χ1) is 11.2. The van der Waals surface area contributed by atoms with Crippen molar-refractivity contribution in [3.63, 3.8) is 0 Å². The van der Waals surface area contributed by atoms with Gasteiger partial charge in [-0.25, -0.2) is 0 Å². The van der Waals surface area contributed by atoms with E-state index in [1.54, 1.807) is 0 Å². The van der Waals surface area contributed by atoms with Crippen LogP contribution in [0.25, 0.3) is 0 Å². The van der Waals surface area contributed by atoms with Gasteiger partial charge in [0.05, 0.1) is 29.3 Å². The molecular formula is C19H26BrClO3. The standard InChI is InChI=1S/C19H26BrClO3/c1-16-4-3-10-9(11(16)6-15-19(16,20)24-15)5-14(21)18(22)8-13-12(23-13)7-17(10,18)2/h9-15,22H,3-8H2,1-2H3/t9-,10-,11+,12?,13?,14?,15?,16+,17-,18?,19?/m1/s1. The number of fused-ring (bicyclic) bond motifs is 8. The summed E-state index contributed by atoms with van der Waals surface area (Å²) in [5.41, 5.74) is -0.645. The summed E-state index contributed by atoms with van der Waals surface area (Å²) >= 11 is 10.8. The molecule has 6 rings (SSSR count). The molecule has 134 valence electrons. The second-order valence-corrected chi connectivity index (χ2v) is 11.7. The van der Waals surface area contributed by atoms with Crippen LogP contribution in [0.5, 0.6) is 0 Å². The van der Waals surface area contributed by atoms with Crippen molar-refractivity contribution in [3.05, 3.63) is 0 Å². The summed E-state index contributed by atoms with van der Waals surface area (Å²) in [6.07, 6.45) is 7.21. The summed E-state index contributed by atoms with van der Waals surface area (Å²) < 4.78 is 11.8. The van der Waals surface area contributed by atoms with Gasteiger partial charge in [-0.3, -0.25) is 0 Å². The number of alkyl halides is 2. The third kappa shape index (κ3) is 1.52. The van der Waals surface area contributed by atoms with E-state index in [0.29, 0.717) is 30.0 Å². The summed E-state index contributed by atoms with van der Waals surface area (Å²) in [6, 6.07) is 0. The van der Waals surface area contributed by atoms with Gasteiger partial charge < -0.3 is 14.6 Å². The molecule has 0 amide bonds. The molecule has 0 aromatic rings. The third-order valence-electron chi connectivity index (χ3n) is 9.37. The summed E-state index contributed by atoms with van der Waals surface area (Å²) in [6.45, 7) is 4.73. The predicted octanol–water partition coefficient (Wildman–Crippen LogP) is 3.84. The lowest BCUT2D eigenvalue weighted by Gasteiger charge is -2.64. The number of aliphatic hydroxyl groups is 1. The Hall–Kier alpha value is 0.650. The first kappa shape index (κ1) is 15.7. The highest BCUT2D eigenvalue weighted by Gasteiger charge is 2.78. The summed E-state index contributed by atoms with van der Waals surface area (Å²) in [7, 11) is 0. The maximum Gasteiger partial charge on any atom is 0.154 e. The molecule has 0 aromatic carbocycles. The van der Waals surface area contributed by atoms with Crippen molar-refractivity contribution in [2.24, 2.45) is 28.6 Å². The van der Waals surface area contributed by atoms with Crippen molar-refractivity contribution in [1.29, 1.82) is 0 Å². The molecule has 0 radical (unpaired) electrons. The van der Waals surface area contributed by atoms with Crippen LogP contribution in [0.3, 0.4) is 0 Å². The molecule has 0 spiro atoms. The lowest BCUT2D eigenvalue weighted by atomic mass is 9.43. The van der Waals surface area contributed by atoms with Crippen molar-refractivity contribution < 1.29 is 14.6 Å². The molecule has 0 aromatic heterocycles. The molecule has 6 aliphatic rings. The van der Waals surface area contributed by atoms with E-state index in [1.165, 1.54) is 12.8 Å². The molecule has 4 saturated carbocycles. The van der Waals surface area contributed by atoms with E-state index in [2.05, 4.69) is 29.8 Å². The molecule has 4 aliphatic carbocycles. The Morgan fingerprint density at radius 2 is 1.83 bits per heavy atom. The maximum atomic E-state index is 11.6. The van der Waals surface area contributed by atoms with Crippen molar-refractivity contribution in [3.8, 4) is 0 Å². The number of hydrogen-bond acceptors (Lipinski definition) is 3. The molecule has 2 aliphatic heterocycles. The maximum absolute atomic E-state index is 11.6. The van der Waals surface area contributed by atoms with Gasteiger partial charge in [0.25, 0.3) is 0 Å². The Kier molecular flexibility index (Phi) is 2.75. The van der Waals surface area contributed by atoms with Crippen molar-refractivity contribution in [1.82, 2.24) is 0 Å². The lowest BCUT2D eigenvalue weighted by molar-refractivity contribution is -0.199. The first-order valence-electron chi connectivity index (χ1n) is 9.62. The van der Waals surface area contributed by atoms with Gasteiger partial charge >= 0.3 is 0 Å². The van der Waals surface area contributed by atoms with Gasteiger partial charge in [-0.15, -0.1) is 11.6 Å². The zero-order chi connectivity index (χ0) is 16.7. The SMILES string of the molecule is C[C@]12CC[C@@H]3[C@@H](CC(Cl)C4(O)CC5OC5C[C@]34C)[C@@H]1CC1OC12Br. The monoisotopic (exact) mass is 416 g/mol. The molecule has 6 fully saturated rings. The van der Waals surface area contributed by atoms with Gasteiger partial charge in [0, 0.05) is 17.3 Å². The van der Waals surface area contributed by atoms with Crippen LogP contribution < -0.4 is 0 Å². The zero-order valence-electron chi connectivity index (χ0n) is 14.3. The second-order valence-electron chi connectivity index (χ2n) is 9.99. The van der Waals surface area contributed by atoms with E-state index in [-0.39, 0.29) is 26.8 Å². The molecule has 5 heteroatoms. The van der Waals surface area contributed by atoms with E-state index < -0.39 is 5.60 Å². The number of hydrogen-bond donors (Lipinski definition) is 1. The highest BCUT2D eigenvalue weighted by molar-refractivity contribution is 9.10. The molecule has 11 atom stereocenters. The van der Waals surface area contributed by atoms with Gasteiger partial charge in [0.2, 0.25) is 0 Å². The number of epoxide rings is 2. The minimum Gasteiger partial charge on any atom is -0.388 e. The Morgan fingerprint density at radius 3 is 2.62 bits per heavy atom. The van der Waals surface area contributed by atoms with Crippen molar-refractivity contribution >= 4 is 27.5 Å². The van der Waals surface area contributed by atoms with Crippen molar-refractivity contribution in [2.45, 2.75) is 86.2 Å². The molecule has 2 saturated heterocycles. The average molecular weight is 418 g/mol. The smallest absolute Gasteiger partial charge is 0.154 e. The van der Waals surface area contributed by atoms with E-state index >= 15 is 0 Å². The van der Waals surface area contributed by atoms with Crippen LogP contribution >= 0.6 is 27.5 Å². The molecule has 2 heterocycles. The van der Waals surface area contributed by atoms with Crippen molar-refractivity contribution in [2.75, 3.05) is 0 Å². The summed E-state index contributed by atoms with van der Waals surface area (Å²) in [4.78, 5) is 0. The van der Waals surface area contributed by atoms with Crippen LogP contribution in [0.1, 0.15) is 52.4 Å². The van der Waals surface area contributed by atoms with E-state index in [4.69, 9.17) is 21.1 Å². The molecule has 24 heavy (non-hydrogen) atoms. The minimum atomic E-state index is -0.759. The highest BCUT2D eigenvalue weighted by atomic mass is 79.9. The molecule has 1 N–H and O–H groups in total. The zero-order valence-corrected chi connectivity index (χ0v) is 16.6. The van der Waals surface area contributed by atoms with Gasteiger partial charge in [0.15, 0.2) is 4.51 Å². The van der Waals surface area contributed by atoms with Crippen LogP contribution in [-0.2, 0) is 9.47 Å². The fourth-order valence-electron chi connectivity index (χ4n) is 7.76. The Morgan fingerprint density at radius 1 is 1.08 bits per heavy atom. The van der Waals surface area contributed by atoms with Gasteiger partial charge in [-0.05, 0) is 49.9 Å². The lowest BCUT2D eigenvalue weighted by Crippen LogP contribution is -2.67. The number of ether oxygens (including phenoxy) is 2. The number of halogens is 2. The molecular weight excluding hydrogens is 392 g/mol. The minimum absolute atomic E-state index is 0.0800. The van der Waals surface area contributed by atoms with Crippen LogP contribution in [0.15, 0.2) is 0 Å². The fraction of sp³-hybridized carbons (Fsp3) is 1.00. The molecule has 0 bridgehead atoms. The first-order valence-corrected chi connectivity index (χ1v) is 10.8. The fourth-order valence-corrected chi connectivity index (χ4v) is 9.20. The Labute approximate surface area is 156 Å². The third-order valence-corrected chi connectivity index (χ3v) is 11.5. The van der Waals surface area contributed by atoms with Gasteiger partial charge in [0.1, 0.15) is 0 Å². The normalized spacial score (nSPS) is 72.1. The molecule has 6 unspecified atom stereocenters. The predicted molar refractivity (Wildman–Crippen MR) is 94.2 cm³/mol. The van der Waals surface area contributed by atoms with E-state index in [1.807, 2.05) is 0 Å². The highest BCUT2D eigenvalue weighted by Crippen LogP contribution is 2.76. The van der Waals surface area contributed by atoms with E-state index in [0.717, 1.165) is 25.7 Å². The van der Waals surface area contributed by atoms with Crippen LogP contribution in [0.2, 0.25) is 0 Å². The Bertz CT molecular complexity index is 632. The second kappa shape index (κ2) is 4.22. The van der Waals surface area contributed by atoms with Crippen LogP contribution in [-0.4, -0.2) is 38.9 Å². The Balaban J connectivity index is 1.41.